The molecule has 0 aliphatic carbocycles. The number of likely N-dealkylation sites (N-methyl/N-ethyl adjacent to an activating group) is 1. The smallest absolute Gasteiger partial charge is 0.305 e. The highest BCUT2D eigenvalue weighted by Gasteiger charge is 2.57. The van der Waals surface area contributed by atoms with Gasteiger partial charge in [-0.3, -0.25) is 14.6 Å². The van der Waals surface area contributed by atoms with Crippen molar-refractivity contribution in [3.8, 4) is 34.8 Å². The molecule has 1 fully saturated rings. The Morgan fingerprint density at radius 1 is 1.11 bits per heavy atom. The zero-order chi connectivity index (χ0) is 32.7. The van der Waals surface area contributed by atoms with Crippen LogP contribution in [-0.4, -0.2) is 82.0 Å². The normalized spacial score (nSPS) is 24.2. The van der Waals surface area contributed by atoms with Gasteiger partial charge in [0.25, 0.3) is 0 Å². The molecule has 2 unspecified atom stereocenters. The summed E-state index contributed by atoms with van der Waals surface area (Å²) in [5.74, 6) is 2.97. The highest BCUT2D eigenvalue weighted by molar-refractivity contribution is 5.70. The lowest BCUT2D eigenvalue weighted by molar-refractivity contribution is -0.149. The first kappa shape index (κ1) is 32.0. The Morgan fingerprint density at radius 2 is 1.89 bits per heavy atom. The van der Waals surface area contributed by atoms with Gasteiger partial charge in [0.2, 0.25) is 6.79 Å². The van der Waals surface area contributed by atoms with Gasteiger partial charge in [0, 0.05) is 47.9 Å². The zero-order valence-corrected chi connectivity index (χ0v) is 27.5. The molecule has 2 aromatic rings. The molecule has 0 saturated carbocycles. The predicted molar refractivity (Wildman–Crippen MR) is 169 cm³/mol. The third-order valence-electron chi connectivity index (χ3n) is 9.77. The van der Waals surface area contributed by atoms with Gasteiger partial charge in [-0.05, 0) is 51.3 Å². The van der Waals surface area contributed by atoms with E-state index in [2.05, 4.69) is 35.6 Å². The molecular weight excluding hydrogens is 590 g/mol. The number of benzene rings is 2. The van der Waals surface area contributed by atoms with Gasteiger partial charge in [0.05, 0.1) is 25.3 Å². The van der Waals surface area contributed by atoms with Gasteiger partial charge in [0.1, 0.15) is 25.0 Å². The first-order chi connectivity index (χ1) is 22.3. The monoisotopic (exact) mass is 633 g/mol. The van der Waals surface area contributed by atoms with E-state index < -0.39 is 12.1 Å². The molecule has 4 heterocycles. The Hall–Kier alpha value is -3.98. The minimum atomic E-state index is -0.509. The van der Waals surface area contributed by atoms with E-state index in [9.17, 15) is 10.1 Å². The van der Waals surface area contributed by atoms with E-state index in [0.717, 1.165) is 33.4 Å². The van der Waals surface area contributed by atoms with Crippen LogP contribution in [0, 0.1) is 25.2 Å². The largest absolute Gasteiger partial charge is 0.493 e. The summed E-state index contributed by atoms with van der Waals surface area (Å²) in [4.78, 5) is 17.4. The van der Waals surface area contributed by atoms with Crippen molar-refractivity contribution in [2.24, 2.45) is 0 Å². The number of carbonyl (C=O) groups is 1. The molecule has 1 saturated heterocycles. The maximum absolute atomic E-state index is 12.8. The summed E-state index contributed by atoms with van der Waals surface area (Å²) in [5.41, 5.74) is 5.74. The van der Waals surface area contributed by atoms with E-state index in [4.69, 9.17) is 33.2 Å². The number of hydrogen-bond acceptors (Lipinski definition) is 11. The average Bonchev–Trinajstić information content (AvgIpc) is 3.53. The lowest BCUT2D eigenvalue weighted by atomic mass is 9.71. The molecule has 5 atom stereocenters. The molecule has 2 aromatic carbocycles. The van der Waals surface area contributed by atoms with Gasteiger partial charge in [-0.15, -0.1) is 0 Å². The molecule has 2 bridgehead atoms. The Labute approximate surface area is 270 Å². The summed E-state index contributed by atoms with van der Waals surface area (Å²) in [5, 5.41) is 10.9. The van der Waals surface area contributed by atoms with Crippen molar-refractivity contribution in [3.05, 3.63) is 52.1 Å². The maximum atomic E-state index is 12.8. The van der Waals surface area contributed by atoms with Crippen LogP contribution in [0.25, 0.3) is 0 Å². The molecule has 46 heavy (non-hydrogen) atoms. The number of nitrogens with zero attached hydrogens (tertiary/aromatic N) is 3. The number of esters is 1. The second-order valence-corrected chi connectivity index (χ2v) is 12.3. The topological polar surface area (TPSA) is 112 Å². The fraction of sp³-hybridized carbons (Fsp3) is 0.543. The summed E-state index contributed by atoms with van der Waals surface area (Å²) in [6, 6.07) is 3.26. The van der Waals surface area contributed by atoms with Gasteiger partial charge < -0.3 is 33.2 Å². The quantitative estimate of drug-likeness (QED) is 0.195. The number of piperazine rings is 1. The minimum absolute atomic E-state index is 0.0561. The molecule has 0 amide bonds. The Kier molecular flexibility index (Phi) is 9.06. The van der Waals surface area contributed by atoms with E-state index in [-0.39, 0.29) is 44.3 Å². The molecule has 0 N–H and O–H groups in total. The third kappa shape index (κ3) is 5.03. The number of methoxy groups -OCH3 is 2. The SMILES string of the molecule is C=CCOc1c(C)c2c(c3c1CC1[C@@H]4c5c(cc(C)c(OC)c5OCOC)CC([C@H](C#N)N1[C@H]3COC(=O)CCC)N4C)OCO2. The van der Waals surface area contributed by atoms with Crippen LogP contribution >= 0.6 is 0 Å². The van der Waals surface area contributed by atoms with E-state index in [1.165, 1.54) is 0 Å². The van der Waals surface area contributed by atoms with Crippen LogP contribution in [0.3, 0.4) is 0 Å². The lowest BCUT2D eigenvalue weighted by Gasteiger charge is -2.60. The van der Waals surface area contributed by atoms with Crippen LogP contribution in [0.1, 0.15) is 65.2 Å². The van der Waals surface area contributed by atoms with Gasteiger partial charge >= 0.3 is 5.97 Å². The van der Waals surface area contributed by atoms with Crippen molar-refractivity contribution < 1.29 is 38.0 Å². The molecule has 0 aromatic heterocycles. The van der Waals surface area contributed by atoms with E-state index in [1.54, 1.807) is 20.3 Å². The van der Waals surface area contributed by atoms with Crippen LogP contribution < -0.4 is 23.7 Å². The van der Waals surface area contributed by atoms with Crippen molar-refractivity contribution in [2.75, 3.05) is 48.1 Å². The summed E-state index contributed by atoms with van der Waals surface area (Å²) in [6.45, 7) is 10.3. The molecular formula is C35H43N3O8. The first-order valence-electron chi connectivity index (χ1n) is 15.9. The van der Waals surface area contributed by atoms with Crippen LogP contribution in [-0.2, 0) is 27.1 Å². The number of nitriles is 1. The van der Waals surface area contributed by atoms with Crippen molar-refractivity contribution in [3.63, 3.8) is 0 Å². The van der Waals surface area contributed by atoms with Gasteiger partial charge in [-0.25, -0.2) is 0 Å². The summed E-state index contributed by atoms with van der Waals surface area (Å²) in [7, 11) is 5.32. The Balaban J connectivity index is 1.59. The zero-order valence-electron chi connectivity index (χ0n) is 27.5. The highest BCUT2D eigenvalue weighted by atomic mass is 16.7. The molecule has 0 radical (unpaired) electrons. The third-order valence-corrected chi connectivity index (χ3v) is 9.77. The molecule has 6 rings (SSSR count). The predicted octanol–water partition coefficient (Wildman–Crippen LogP) is 4.70. The van der Waals surface area contributed by atoms with Crippen molar-refractivity contribution in [1.82, 2.24) is 9.80 Å². The molecule has 11 nitrogen and oxygen atoms in total. The number of hydrogen-bond donors (Lipinski definition) is 0. The van der Waals surface area contributed by atoms with Crippen molar-refractivity contribution in [1.29, 1.82) is 5.26 Å². The number of rotatable bonds is 11. The Morgan fingerprint density at radius 3 is 2.59 bits per heavy atom. The van der Waals surface area contributed by atoms with Gasteiger partial charge in [-0.2, -0.15) is 5.26 Å². The van der Waals surface area contributed by atoms with Crippen LogP contribution in [0.2, 0.25) is 0 Å². The Bertz CT molecular complexity index is 1570. The van der Waals surface area contributed by atoms with E-state index in [1.807, 2.05) is 20.8 Å². The number of aryl methyl sites for hydroxylation is 1. The lowest BCUT2D eigenvalue weighted by Crippen LogP contribution is -2.68. The second-order valence-electron chi connectivity index (χ2n) is 12.3. The fourth-order valence-corrected chi connectivity index (χ4v) is 8.01. The minimum Gasteiger partial charge on any atom is -0.493 e. The molecule has 246 valence electrons. The molecule has 0 spiro atoms. The van der Waals surface area contributed by atoms with Crippen molar-refractivity contribution >= 4 is 5.97 Å². The standard InChI is InChI=1S/C35H43N3O8/c1-8-10-27(39)43-16-26-29-22(32(42-11-9-2)20(4)33-35(29)46-18-45-33)14-24-30-28-21(13-23(37(30)5)25(15-36)38(24)26)12-19(3)31(41-7)34(28)44-17-40-6/h9,12,23-26,30H,2,8,10-11,13-14,16-18H2,1,3-7H3/t23?,24?,25-,26-,30+/m0/s1. The van der Waals surface area contributed by atoms with Gasteiger partial charge in [-0.1, -0.05) is 25.6 Å². The van der Waals surface area contributed by atoms with Crippen molar-refractivity contribution in [2.45, 2.75) is 76.7 Å². The first-order valence-corrected chi connectivity index (χ1v) is 15.9. The van der Waals surface area contributed by atoms with Crippen LogP contribution in [0.4, 0.5) is 0 Å². The molecule has 4 aliphatic heterocycles. The van der Waals surface area contributed by atoms with E-state index >= 15 is 0 Å². The summed E-state index contributed by atoms with van der Waals surface area (Å²) in [6.07, 6.45) is 3.87. The fourth-order valence-electron chi connectivity index (χ4n) is 8.01. The summed E-state index contributed by atoms with van der Waals surface area (Å²) < 4.78 is 42.0. The molecule has 4 aliphatic rings. The van der Waals surface area contributed by atoms with Gasteiger partial charge in [0.15, 0.2) is 29.8 Å². The number of fused-ring (bicyclic) bond motifs is 9. The highest BCUT2D eigenvalue weighted by Crippen LogP contribution is 2.58. The number of ether oxygens (including phenoxy) is 7. The van der Waals surface area contributed by atoms with Crippen LogP contribution in [0.15, 0.2) is 18.7 Å². The maximum Gasteiger partial charge on any atom is 0.305 e. The van der Waals surface area contributed by atoms with Crippen LogP contribution in [0.5, 0.6) is 28.7 Å². The second kappa shape index (κ2) is 13.0. The molecule has 11 heteroatoms. The number of carbonyl (C=O) groups excluding carboxylic acids is 1. The summed E-state index contributed by atoms with van der Waals surface area (Å²) >= 11 is 0. The average molecular weight is 634 g/mol. The van der Waals surface area contributed by atoms with E-state index in [0.29, 0.717) is 61.0 Å².